The Bertz CT molecular complexity index is 682. The second-order valence-electron chi connectivity index (χ2n) is 7.41. The van der Waals surface area contributed by atoms with Crippen molar-refractivity contribution in [2.75, 3.05) is 20.7 Å². The molecule has 2 aliphatic rings. The van der Waals surface area contributed by atoms with Gasteiger partial charge in [-0.15, -0.1) is 0 Å². The number of aryl methyl sites for hydroxylation is 2. The highest BCUT2D eigenvalue weighted by molar-refractivity contribution is 5.96. The summed E-state index contributed by atoms with van der Waals surface area (Å²) >= 11 is 0. The minimum atomic E-state index is 0.0151. The summed E-state index contributed by atoms with van der Waals surface area (Å²) in [6, 6.07) is 0.401. The molecular weight excluding hydrogens is 320 g/mol. The number of carbonyl (C=O) groups excluding carboxylic acids is 2. The monoisotopic (exact) mass is 348 g/mol. The molecule has 0 radical (unpaired) electrons. The molecule has 25 heavy (non-hydrogen) atoms. The number of rotatable bonds is 6. The van der Waals surface area contributed by atoms with Gasteiger partial charge in [-0.3, -0.25) is 14.3 Å². The van der Waals surface area contributed by atoms with Crippen LogP contribution < -0.4 is 5.32 Å². The number of aromatic nitrogens is 2. The highest BCUT2D eigenvalue weighted by Gasteiger charge is 2.55. The number of hydrogen-bond donors (Lipinski definition) is 1. The minimum Gasteiger partial charge on any atom is -0.376 e. The van der Waals surface area contributed by atoms with Crippen molar-refractivity contribution < 1.29 is 14.3 Å². The van der Waals surface area contributed by atoms with Crippen molar-refractivity contribution in [1.29, 1.82) is 0 Å². The number of hydrogen-bond acceptors (Lipinski definition) is 5. The number of Topliss-reactive ketones (excluding diaryl/α,β-unsaturated/α-hetero) is 1. The van der Waals surface area contributed by atoms with E-state index in [1.54, 1.807) is 11.6 Å². The molecule has 0 spiro atoms. The lowest BCUT2D eigenvalue weighted by molar-refractivity contribution is -0.128. The van der Waals surface area contributed by atoms with Crippen LogP contribution in [0.5, 0.6) is 0 Å². The minimum absolute atomic E-state index is 0.0151. The highest BCUT2D eigenvalue weighted by atomic mass is 16.5. The van der Waals surface area contributed by atoms with Gasteiger partial charge in [0.2, 0.25) is 5.91 Å². The molecule has 3 rings (SSSR count). The molecule has 2 heterocycles. The van der Waals surface area contributed by atoms with E-state index in [1.165, 1.54) is 0 Å². The van der Waals surface area contributed by atoms with Gasteiger partial charge >= 0.3 is 0 Å². The summed E-state index contributed by atoms with van der Waals surface area (Å²) in [5.74, 6) is 0.467. The first kappa shape index (κ1) is 18.1. The molecule has 0 bridgehead atoms. The van der Waals surface area contributed by atoms with Crippen molar-refractivity contribution in [2.45, 2.75) is 58.3 Å². The molecule has 1 N–H and O–H groups in total. The third-order valence-electron chi connectivity index (χ3n) is 5.56. The molecule has 1 saturated carbocycles. The van der Waals surface area contributed by atoms with Gasteiger partial charge in [0.15, 0.2) is 5.78 Å². The predicted octanol–water partition coefficient (Wildman–Crippen LogP) is 0.926. The van der Waals surface area contributed by atoms with Crippen LogP contribution in [0, 0.1) is 19.8 Å². The molecule has 0 unspecified atom stereocenters. The van der Waals surface area contributed by atoms with Crippen LogP contribution in [-0.2, 0) is 16.1 Å². The van der Waals surface area contributed by atoms with Crippen LogP contribution in [0.4, 0.5) is 0 Å². The van der Waals surface area contributed by atoms with Gasteiger partial charge in [0.1, 0.15) is 0 Å². The summed E-state index contributed by atoms with van der Waals surface area (Å²) in [5.41, 5.74) is 2.22. The third kappa shape index (κ3) is 3.22. The lowest BCUT2D eigenvalue weighted by atomic mass is 9.71. The maximum absolute atomic E-state index is 12.4. The van der Waals surface area contributed by atoms with Gasteiger partial charge in [-0.25, -0.2) is 0 Å². The number of fused-ring (bicyclic) bond motifs is 1. The summed E-state index contributed by atoms with van der Waals surface area (Å²) in [5, 5.41) is 7.59. The molecule has 1 saturated heterocycles. The summed E-state index contributed by atoms with van der Waals surface area (Å²) < 4.78 is 7.54. The van der Waals surface area contributed by atoms with Gasteiger partial charge in [0, 0.05) is 31.2 Å². The Morgan fingerprint density at radius 2 is 2.08 bits per heavy atom. The summed E-state index contributed by atoms with van der Waals surface area (Å²) in [4.78, 5) is 26.3. The zero-order chi connectivity index (χ0) is 18.3. The van der Waals surface area contributed by atoms with E-state index in [1.807, 2.05) is 27.9 Å². The van der Waals surface area contributed by atoms with E-state index < -0.39 is 0 Å². The lowest BCUT2D eigenvalue weighted by Gasteiger charge is -2.50. The van der Waals surface area contributed by atoms with Crippen molar-refractivity contribution in [3.05, 3.63) is 17.0 Å². The van der Waals surface area contributed by atoms with Gasteiger partial charge in [-0.05, 0) is 41.3 Å². The Morgan fingerprint density at radius 3 is 2.68 bits per heavy atom. The smallest absolute Gasteiger partial charge is 0.222 e. The zero-order valence-corrected chi connectivity index (χ0v) is 15.7. The van der Waals surface area contributed by atoms with Gasteiger partial charge < -0.3 is 15.0 Å². The van der Waals surface area contributed by atoms with Crippen molar-refractivity contribution >= 4 is 11.7 Å². The van der Waals surface area contributed by atoms with Crippen molar-refractivity contribution in [3.63, 3.8) is 0 Å². The van der Waals surface area contributed by atoms with E-state index in [4.69, 9.17) is 4.74 Å². The van der Waals surface area contributed by atoms with E-state index in [0.29, 0.717) is 24.4 Å². The molecule has 1 aromatic rings. The van der Waals surface area contributed by atoms with Crippen molar-refractivity contribution in [2.24, 2.45) is 5.92 Å². The Kier molecular flexibility index (Phi) is 4.97. The van der Waals surface area contributed by atoms with Crippen LogP contribution in [0.25, 0.3) is 0 Å². The van der Waals surface area contributed by atoms with Crippen LogP contribution in [0.1, 0.15) is 41.5 Å². The van der Waals surface area contributed by atoms with Crippen LogP contribution >= 0.6 is 0 Å². The van der Waals surface area contributed by atoms with E-state index >= 15 is 0 Å². The molecule has 138 valence electrons. The van der Waals surface area contributed by atoms with Gasteiger partial charge in [-0.2, -0.15) is 5.10 Å². The molecule has 7 heteroatoms. The highest BCUT2D eigenvalue weighted by Crippen LogP contribution is 2.41. The Morgan fingerprint density at radius 1 is 1.36 bits per heavy atom. The molecule has 4 atom stereocenters. The van der Waals surface area contributed by atoms with Crippen LogP contribution in [0.15, 0.2) is 0 Å². The third-order valence-corrected chi connectivity index (χ3v) is 5.56. The molecular formula is C18H28N4O3. The Balaban J connectivity index is 1.59. The average Bonchev–Trinajstić information content (AvgIpc) is 3.03. The summed E-state index contributed by atoms with van der Waals surface area (Å²) in [6.45, 7) is 6.52. The SMILES string of the molecule is CC(=O)c1c(C)nn(CCC(=O)N[C@H]2[C@H]3CCO[C@H]3[C@@H]2N(C)C)c1C. The number of likely N-dealkylation sites (N-methyl/N-ethyl adjacent to an activating group) is 1. The maximum Gasteiger partial charge on any atom is 0.222 e. The Labute approximate surface area is 148 Å². The number of nitrogens with zero attached hydrogens (tertiary/aromatic N) is 3. The Hall–Kier alpha value is -1.73. The fourth-order valence-corrected chi connectivity index (χ4v) is 4.37. The number of nitrogens with one attached hydrogen (secondary N) is 1. The maximum atomic E-state index is 12.4. The first-order valence-corrected chi connectivity index (χ1v) is 8.93. The molecule has 1 aliphatic heterocycles. The van der Waals surface area contributed by atoms with E-state index in [-0.39, 0.29) is 29.9 Å². The first-order chi connectivity index (χ1) is 11.8. The van der Waals surface area contributed by atoms with Crippen LogP contribution in [0.2, 0.25) is 0 Å². The molecule has 7 nitrogen and oxygen atoms in total. The van der Waals surface area contributed by atoms with Gasteiger partial charge in [0.05, 0.1) is 29.4 Å². The second-order valence-corrected chi connectivity index (χ2v) is 7.41. The van der Waals surface area contributed by atoms with Gasteiger partial charge in [0.25, 0.3) is 0 Å². The number of amides is 1. The summed E-state index contributed by atoms with van der Waals surface area (Å²) in [6.07, 6.45) is 1.61. The van der Waals surface area contributed by atoms with Crippen molar-refractivity contribution in [1.82, 2.24) is 20.0 Å². The van der Waals surface area contributed by atoms with E-state index in [9.17, 15) is 9.59 Å². The van der Waals surface area contributed by atoms with E-state index in [0.717, 1.165) is 24.4 Å². The average molecular weight is 348 g/mol. The summed E-state index contributed by atoms with van der Waals surface area (Å²) in [7, 11) is 4.06. The largest absolute Gasteiger partial charge is 0.376 e. The molecule has 1 amide bonds. The number of carbonyl (C=O) groups is 2. The lowest BCUT2D eigenvalue weighted by Crippen LogP contribution is -2.69. The zero-order valence-electron chi connectivity index (χ0n) is 15.7. The van der Waals surface area contributed by atoms with Gasteiger partial charge in [-0.1, -0.05) is 0 Å². The fourth-order valence-electron chi connectivity index (χ4n) is 4.37. The van der Waals surface area contributed by atoms with Crippen LogP contribution in [-0.4, -0.2) is 65.3 Å². The van der Waals surface area contributed by atoms with Crippen molar-refractivity contribution in [3.8, 4) is 0 Å². The standard InChI is InChI=1S/C18H28N4O3/c1-10-15(12(3)23)11(2)22(20-10)8-6-14(24)19-16-13-7-9-25-18(13)17(16)21(4)5/h13,16-18H,6-9H2,1-5H3,(H,19,24)/t13-,16+,17-,18-/m1/s1. The molecule has 2 fully saturated rings. The number of ether oxygens (including phenoxy) is 1. The molecule has 0 aromatic carbocycles. The quantitative estimate of drug-likeness (QED) is 0.774. The van der Waals surface area contributed by atoms with Crippen LogP contribution in [0.3, 0.4) is 0 Å². The second kappa shape index (κ2) is 6.88. The fraction of sp³-hybridized carbons (Fsp3) is 0.722. The number of ketones is 1. The first-order valence-electron chi connectivity index (χ1n) is 8.93. The normalized spacial score (nSPS) is 27.9. The predicted molar refractivity (Wildman–Crippen MR) is 93.6 cm³/mol. The van der Waals surface area contributed by atoms with E-state index in [2.05, 4.69) is 15.3 Å². The molecule has 1 aromatic heterocycles. The molecule has 1 aliphatic carbocycles. The topological polar surface area (TPSA) is 76.5 Å².